The Labute approximate surface area is 184 Å². The van der Waals surface area contributed by atoms with Gasteiger partial charge in [0, 0.05) is 35.9 Å². The number of benzene rings is 1. The van der Waals surface area contributed by atoms with Gasteiger partial charge >= 0.3 is 0 Å². The summed E-state index contributed by atoms with van der Waals surface area (Å²) in [6.07, 6.45) is 1.36. The molecule has 170 valence electrons. The number of carbonyl (C=O) groups is 2. The van der Waals surface area contributed by atoms with Crippen LogP contribution in [-0.2, 0) is 9.59 Å². The number of nitrogens with zero attached hydrogens (tertiary/aromatic N) is 1. The molecule has 1 unspecified atom stereocenters. The van der Waals surface area contributed by atoms with Crippen LogP contribution in [0.1, 0.15) is 19.4 Å². The predicted molar refractivity (Wildman–Crippen MR) is 126 cm³/mol. The molecule has 0 aliphatic rings. The first kappa shape index (κ1) is 29.8. The van der Waals surface area contributed by atoms with E-state index in [1.54, 1.807) is 39.2 Å². The molecule has 0 aliphatic carbocycles. The van der Waals surface area contributed by atoms with E-state index < -0.39 is 5.54 Å². The fraction of sp³-hybridized carbons (Fsp3) is 0.450. The first-order chi connectivity index (χ1) is 14.2. The number of rotatable bonds is 9. The molecule has 30 heavy (non-hydrogen) atoms. The summed E-state index contributed by atoms with van der Waals surface area (Å²) in [5, 5.41) is 14.1. The van der Waals surface area contributed by atoms with Crippen molar-refractivity contribution in [2.45, 2.75) is 19.4 Å². The van der Waals surface area contributed by atoms with E-state index in [0.717, 1.165) is 10.6 Å². The average Bonchev–Trinajstić information content (AvgIpc) is 2.80. The molecule has 0 saturated carbocycles. The van der Waals surface area contributed by atoms with Crippen molar-refractivity contribution in [3.63, 3.8) is 0 Å². The van der Waals surface area contributed by atoms with Crippen molar-refractivity contribution < 1.29 is 19.4 Å². The van der Waals surface area contributed by atoms with E-state index in [1.807, 2.05) is 14.0 Å². The van der Waals surface area contributed by atoms with Crippen LogP contribution in [0, 0.1) is 0 Å². The molecule has 1 aromatic rings. The maximum atomic E-state index is 10.9. The van der Waals surface area contributed by atoms with Gasteiger partial charge in [0.1, 0.15) is 24.4 Å². The molecule has 0 spiro atoms. The van der Waals surface area contributed by atoms with E-state index >= 15 is 0 Å². The molecule has 0 radical (unpaired) electrons. The molecule has 1 atom stereocenters. The molecule has 1 rings (SSSR count). The van der Waals surface area contributed by atoms with Crippen LogP contribution in [0.5, 0.6) is 5.75 Å². The normalized spacial score (nSPS) is 13.3. The van der Waals surface area contributed by atoms with Gasteiger partial charge < -0.3 is 36.7 Å². The predicted octanol–water partition coefficient (Wildman–Crippen LogP) is 0.377. The van der Waals surface area contributed by atoms with Gasteiger partial charge in [-0.25, -0.2) is 0 Å². The Kier molecular flexibility index (Phi) is 16.3. The number of nitrogen functional groups attached to an aromatic ring is 1. The van der Waals surface area contributed by atoms with Crippen molar-refractivity contribution in [2.24, 2.45) is 10.7 Å². The molecular weight excluding hydrogens is 406 g/mol. The summed E-state index contributed by atoms with van der Waals surface area (Å²) in [6.45, 7) is 3.71. The van der Waals surface area contributed by atoms with Crippen LogP contribution in [0.25, 0.3) is 0 Å². The summed E-state index contributed by atoms with van der Waals surface area (Å²) >= 11 is 4.35. The van der Waals surface area contributed by atoms with Crippen molar-refractivity contribution in [2.75, 3.05) is 47.1 Å². The van der Waals surface area contributed by atoms with Gasteiger partial charge in [0.05, 0.1) is 12.1 Å². The fourth-order valence-corrected chi connectivity index (χ4v) is 1.84. The van der Waals surface area contributed by atoms with E-state index in [-0.39, 0.29) is 6.61 Å². The molecule has 10 heteroatoms. The first-order valence-electron chi connectivity index (χ1n) is 9.06. The van der Waals surface area contributed by atoms with Crippen molar-refractivity contribution in [1.29, 1.82) is 0 Å². The second kappa shape index (κ2) is 16.4. The topological polar surface area (TPSA) is 152 Å². The number of aldehydes is 2. The smallest absolute Gasteiger partial charge is 0.168 e. The molecular formula is C20H35N5O4S. The largest absolute Gasteiger partial charge is 0.488 e. The summed E-state index contributed by atoms with van der Waals surface area (Å²) in [7, 11) is 6.49. The van der Waals surface area contributed by atoms with Gasteiger partial charge in [-0.3, -0.25) is 9.79 Å². The van der Waals surface area contributed by atoms with Gasteiger partial charge in [0.2, 0.25) is 0 Å². The molecule has 7 N–H and O–H groups in total. The Morgan fingerprint density at radius 1 is 1.33 bits per heavy atom. The van der Waals surface area contributed by atoms with Gasteiger partial charge in [-0.15, -0.1) is 12.6 Å². The third-order valence-electron chi connectivity index (χ3n) is 4.00. The zero-order valence-corrected chi connectivity index (χ0v) is 19.4. The summed E-state index contributed by atoms with van der Waals surface area (Å²) in [4.78, 5) is 25.7. The van der Waals surface area contributed by atoms with Crippen LogP contribution < -0.4 is 26.8 Å². The average molecular weight is 442 g/mol. The van der Waals surface area contributed by atoms with Crippen LogP contribution in [-0.4, -0.2) is 70.3 Å². The Morgan fingerprint density at radius 3 is 2.30 bits per heavy atom. The Hall–Kier alpha value is -2.40. The third kappa shape index (κ3) is 10.4. The Morgan fingerprint density at radius 2 is 1.93 bits per heavy atom. The molecule has 0 aromatic heterocycles. The SMILES string of the molecule is CN.CN=C(C=O)c1cc(OC/C(S)=C(\C)NC)ccc1N.CNC(C)(C=O)CO. The van der Waals surface area contributed by atoms with E-state index in [2.05, 4.69) is 34.0 Å². The highest BCUT2D eigenvalue weighted by Crippen LogP contribution is 2.21. The maximum Gasteiger partial charge on any atom is 0.168 e. The van der Waals surface area contributed by atoms with Gasteiger partial charge in [0.25, 0.3) is 0 Å². The second-order valence-electron chi connectivity index (χ2n) is 6.03. The maximum absolute atomic E-state index is 10.9. The number of aliphatic imine (C=N–C) groups is 1. The van der Waals surface area contributed by atoms with E-state index in [4.69, 9.17) is 15.6 Å². The second-order valence-corrected chi connectivity index (χ2v) is 6.57. The first-order valence-corrected chi connectivity index (χ1v) is 9.51. The van der Waals surface area contributed by atoms with Crippen LogP contribution >= 0.6 is 12.6 Å². The molecule has 9 nitrogen and oxygen atoms in total. The van der Waals surface area contributed by atoms with Crippen molar-refractivity contribution in [3.8, 4) is 5.75 Å². The minimum Gasteiger partial charge on any atom is -0.488 e. The van der Waals surface area contributed by atoms with Crippen molar-refractivity contribution in [1.82, 2.24) is 10.6 Å². The van der Waals surface area contributed by atoms with Crippen molar-refractivity contribution >= 4 is 36.6 Å². The lowest BCUT2D eigenvalue weighted by Crippen LogP contribution is -2.44. The quantitative estimate of drug-likeness (QED) is 0.139. The number of hydrogen-bond acceptors (Lipinski definition) is 10. The summed E-state index contributed by atoms with van der Waals surface area (Å²) < 4.78 is 5.62. The highest BCUT2D eigenvalue weighted by molar-refractivity contribution is 7.84. The van der Waals surface area contributed by atoms with Crippen LogP contribution in [0.3, 0.4) is 0 Å². The number of likely N-dealkylation sites (N-methyl/N-ethyl adjacent to an activating group) is 1. The lowest BCUT2D eigenvalue weighted by molar-refractivity contribution is -0.114. The number of hydrogen-bond donors (Lipinski definition) is 6. The summed E-state index contributed by atoms with van der Waals surface area (Å²) in [5.74, 6) is 0.604. The molecule has 0 aliphatic heterocycles. The summed E-state index contributed by atoms with van der Waals surface area (Å²) in [6, 6.07) is 5.13. The molecule has 1 aromatic carbocycles. The zero-order chi connectivity index (χ0) is 23.7. The number of aliphatic hydroxyl groups is 1. The molecule has 0 heterocycles. The van der Waals surface area contributed by atoms with Crippen LogP contribution in [0.15, 0.2) is 33.8 Å². The van der Waals surface area contributed by atoms with Gasteiger partial charge in [-0.05, 0) is 46.1 Å². The molecule has 0 saturated heterocycles. The molecule has 0 amide bonds. The number of thiol groups is 1. The van der Waals surface area contributed by atoms with Crippen LogP contribution in [0.2, 0.25) is 0 Å². The van der Waals surface area contributed by atoms with E-state index in [0.29, 0.717) is 41.9 Å². The zero-order valence-electron chi connectivity index (χ0n) is 18.5. The number of nitrogens with one attached hydrogen (secondary N) is 2. The molecule has 0 fully saturated rings. The van der Waals surface area contributed by atoms with Crippen molar-refractivity contribution in [3.05, 3.63) is 34.4 Å². The lowest BCUT2D eigenvalue weighted by atomic mass is 10.1. The standard InChI is InChI=1S/C14H19N3O2S.C5H11NO2.CH5N/c1-9(16-2)14(20)8-19-10-4-5-12(15)11(6-10)13(7-18)17-3;1-5(3-7,4-8)6-2;1-2/h4-7,16,20H,8,15H2,1-3H3;3,6,8H,4H2,1-2H3;2H2,1H3/b14-9-,17-13?;;. The van der Waals surface area contributed by atoms with Gasteiger partial charge in [-0.1, -0.05) is 0 Å². The monoisotopic (exact) mass is 441 g/mol. The number of aliphatic hydroxyl groups excluding tert-OH is 1. The fourth-order valence-electron chi connectivity index (χ4n) is 1.66. The third-order valence-corrected chi connectivity index (χ3v) is 4.46. The minimum atomic E-state index is -0.750. The van der Waals surface area contributed by atoms with Gasteiger partial charge in [0.15, 0.2) is 6.29 Å². The minimum absolute atomic E-state index is 0.160. The summed E-state index contributed by atoms with van der Waals surface area (Å²) in [5.41, 5.74) is 11.9. The van der Waals surface area contributed by atoms with Gasteiger partial charge in [-0.2, -0.15) is 0 Å². The van der Waals surface area contributed by atoms with Crippen LogP contribution in [0.4, 0.5) is 5.69 Å². The number of allylic oxidation sites excluding steroid dienone is 1. The number of carbonyl (C=O) groups excluding carboxylic acids is 2. The highest BCUT2D eigenvalue weighted by Gasteiger charge is 2.18. The highest BCUT2D eigenvalue weighted by atomic mass is 32.1. The number of nitrogens with two attached hydrogens (primary N) is 2. The Bertz CT molecular complexity index is 719. The number of ether oxygens (including phenoxy) is 1. The Balaban J connectivity index is 0. The molecule has 0 bridgehead atoms. The van der Waals surface area contributed by atoms with E-state index in [9.17, 15) is 9.59 Å². The lowest BCUT2D eigenvalue weighted by Gasteiger charge is -2.17. The van der Waals surface area contributed by atoms with E-state index in [1.165, 1.54) is 7.05 Å². The number of anilines is 1.